The molecule has 6 aromatic rings. The van der Waals surface area contributed by atoms with Crippen molar-refractivity contribution in [3.05, 3.63) is 108 Å². The van der Waals surface area contributed by atoms with Crippen LogP contribution < -0.4 is 5.32 Å². The Labute approximate surface area is 214 Å². The second-order valence-corrected chi connectivity index (χ2v) is 8.91. The number of benzene rings is 2. The summed E-state index contributed by atoms with van der Waals surface area (Å²) in [5.74, 6) is -0.652. The standard InChI is InChI=1S/C27H20F3N7O/c1-17-14-36(16-33-17)22-9-19(8-20(10-22)27(28,29)30)26(38)34-21-3-2-18-4-6-35(24(18)11-21)15-23-12-32-25-13-31-5-7-37(23)25/h2-14,16H,15H2,1H3,(H,34,38). The molecule has 4 heterocycles. The topological polar surface area (TPSA) is 82.0 Å². The fourth-order valence-corrected chi connectivity index (χ4v) is 4.41. The summed E-state index contributed by atoms with van der Waals surface area (Å²) in [6.45, 7) is 2.25. The molecule has 6 rings (SSSR count). The minimum atomic E-state index is -4.62. The van der Waals surface area contributed by atoms with E-state index in [0.29, 0.717) is 17.9 Å². The highest BCUT2D eigenvalue weighted by Crippen LogP contribution is 2.32. The summed E-state index contributed by atoms with van der Waals surface area (Å²) >= 11 is 0. The number of aryl methyl sites for hydroxylation is 1. The van der Waals surface area contributed by atoms with Gasteiger partial charge >= 0.3 is 6.18 Å². The van der Waals surface area contributed by atoms with E-state index in [4.69, 9.17) is 0 Å². The van der Waals surface area contributed by atoms with Gasteiger partial charge in [0.05, 0.1) is 47.7 Å². The van der Waals surface area contributed by atoms with Crippen LogP contribution in [0.2, 0.25) is 0 Å². The normalized spacial score (nSPS) is 11.9. The van der Waals surface area contributed by atoms with Crippen LogP contribution in [0.5, 0.6) is 0 Å². The SMILES string of the molecule is Cc1cn(-c2cc(C(=O)Nc3ccc4ccn(Cc5cnc6cnccn56)c4c3)cc(C(F)(F)F)c2)cn1. The molecule has 0 bridgehead atoms. The molecule has 0 fully saturated rings. The zero-order valence-corrected chi connectivity index (χ0v) is 20.0. The molecule has 0 aliphatic rings. The Morgan fingerprint density at radius 3 is 2.68 bits per heavy atom. The molecule has 38 heavy (non-hydrogen) atoms. The van der Waals surface area contributed by atoms with E-state index in [0.717, 1.165) is 34.4 Å². The first-order chi connectivity index (χ1) is 18.2. The molecule has 4 aromatic heterocycles. The van der Waals surface area contributed by atoms with E-state index in [1.165, 1.54) is 17.0 Å². The predicted octanol–water partition coefficient (Wildman–Crippen LogP) is 5.50. The van der Waals surface area contributed by atoms with E-state index in [9.17, 15) is 18.0 Å². The van der Waals surface area contributed by atoms with E-state index in [-0.39, 0.29) is 11.3 Å². The van der Waals surface area contributed by atoms with Crippen LogP contribution in [-0.4, -0.2) is 34.4 Å². The van der Waals surface area contributed by atoms with Crippen molar-refractivity contribution in [2.45, 2.75) is 19.6 Å². The van der Waals surface area contributed by atoms with Crippen molar-refractivity contribution >= 4 is 28.1 Å². The van der Waals surface area contributed by atoms with Gasteiger partial charge < -0.3 is 14.5 Å². The third-order valence-corrected chi connectivity index (χ3v) is 6.28. The second-order valence-electron chi connectivity index (χ2n) is 8.91. The molecule has 0 aliphatic heterocycles. The van der Waals surface area contributed by atoms with Gasteiger partial charge in [0.15, 0.2) is 5.65 Å². The lowest BCUT2D eigenvalue weighted by molar-refractivity contribution is -0.137. The van der Waals surface area contributed by atoms with Gasteiger partial charge in [-0.3, -0.25) is 14.2 Å². The number of hydrogen-bond acceptors (Lipinski definition) is 4. The number of nitrogens with zero attached hydrogens (tertiary/aromatic N) is 6. The molecular formula is C27H20F3N7O. The van der Waals surface area contributed by atoms with Crippen molar-refractivity contribution in [2.24, 2.45) is 0 Å². The Balaban J connectivity index is 1.31. The number of rotatable bonds is 5. The fraction of sp³-hybridized carbons (Fsp3) is 0.111. The van der Waals surface area contributed by atoms with Crippen molar-refractivity contribution in [2.75, 3.05) is 5.32 Å². The first kappa shape index (κ1) is 23.5. The lowest BCUT2D eigenvalue weighted by Crippen LogP contribution is -2.15. The van der Waals surface area contributed by atoms with Crippen LogP contribution in [-0.2, 0) is 12.7 Å². The Hall–Kier alpha value is -4.93. The van der Waals surface area contributed by atoms with Crippen LogP contribution >= 0.6 is 0 Å². The number of carbonyl (C=O) groups excluding carboxylic acids is 1. The monoisotopic (exact) mass is 515 g/mol. The molecule has 0 saturated carbocycles. The summed E-state index contributed by atoms with van der Waals surface area (Å²) in [7, 11) is 0. The lowest BCUT2D eigenvalue weighted by atomic mass is 10.1. The van der Waals surface area contributed by atoms with Gasteiger partial charge in [-0.05, 0) is 48.7 Å². The van der Waals surface area contributed by atoms with E-state index in [1.807, 2.05) is 33.5 Å². The zero-order chi connectivity index (χ0) is 26.4. The molecule has 0 radical (unpaired) electrons. The van der Waals surface area contributed by atoms with Crippen LogP contribution in [0.3, 0.4) is 0 Å². The van der Waals surface area contributed by atoms with Crippen LogP contribution in [0, 0.1) is 6.92 Å². The maximum atomic E-state index is 13.6. The number of aromatic nitrogens is 6. The molecule has 2 aromatic carbocycles. The number of nitrogens with one attached hydrogen (secondary N) is 1. The number of anilines is 1. The van der Waals surface area contributed by atoms with E-state index in [2.05, 4.69) is 20.3 Å². The van der Waals surface area contributed by atoms with Crippen molar-refractivity contribution in [1.82, 2.24) is 28.5 Å². The molecule has 1 N–H and O–H groups in total. The minimum Gasteiger partial charge on any atom is -0.341 e. The van der Waals surface area contributed by atoms with Gasteiger partial charge in [0, 0.05) is 41.7 Å². The Morgan fingerprint density at radius 2 is 1.89 bits per heavy atom. The van der Waals surface area contributed by atoms with Gasteiger partial charge in [0.2, 0.25) is 0 Å². The van der Waals surface area contributed by atoms with Gasteiger partial charge in [-0.2, -0.15) is 13.2 Å². The predicted molar refractivity (Wildman–Crippen MR) is 135 cm³/mol. The van der Waals surface area contributed by atoms with Crippen LogP contribution in [0.25, 0.3) is 22.2 Å². The number of carbonyl (C=O) groups is 1. The molecule has 0 saturated heterocycles. The average Bonchev–Trinajstić information content (AvgIpc) is 3.62. The van der Waals surface area contributed by atoms with Crippen molar-refractivity contribution < 1.29 is 18.0 Å². The highest BCUT2D eigenvalue weighted by molar-refractivity contribution is 6.05. The summed E-state index contributed by atoms with van der Waals surface area (Å²) in [4.78, 5) is 25.6. The third kappa shape index (κ3) is 4.38. The van der Waals surface area contributed by atoms with Crippen LogP contribution in [0.15, 0.2) is 86.0 Å². The largest absolute Gasteiger partial charge is 0.416 e. The summed E-state index contributed by atoms with van der Waals surface area (Å²) in [6, 6.07) is 10.6. The van der Waals surface area contributed by atoms with Gasteiger partial charge in [-0.1, -0.05) is 6.07 Å². The van der Waals surface area contributed by atoms with E-state index >= 15 is 0 Å². The third-order valence-electron chi connectivity index (χ3n) is 6.28. The smallest absolute Gasteiger partial charge is 0.341 e. The molecule has 8 nitrogen and oxygen atoms in total. The van der Waals surface area contributed by atoms with Gasteiger partial charge in [-0.25, -0.2) is 9.97 Å². The fourth-order valence-electron chi connectivity index (χ4n) is 4.41. The average molecular weight is 515 g/mol. The molecule has 190 valence electrons. The maximum Gasteiger partial charge on any atom is 0.416 e. The quantitative estimate of drug-likeness (QED) is 0.329. The molecule has 0 aliphatic carbocycles. The zero-order valence-electron chi connectivity index (χ0n) is 20.0. The van der Waals surface area contributed by atoms with Gasteiger partial charge in [-0.15, -0.1) is 0 Å². The Morgan fingerprint density at radius 1 is 1.03 bits per heavy atom. The van der Waals surface area contributed by atoms with Crippen molar-refractivity contribution in [1.29, 1.82) is 0 Å². The molecule has 1 amide bonds. The van der Waals surface area contributed by atoms with Crippen LogP contribution in [0.4, 0.5) is 18.9 Å². The second kappa shape index (κ2) is 8.87. The first-order valence-corrected chi connectivity index (χ1v) is 11.6. The minimum absolute atomic E-state index is 0.115. The summed E-state index contributed by atoms with van der Waals surface area (Å²) < 4.78 is 46.3. The molecule has 0 spiro atoms. The molecule has 0 atom stereocenters. The number of halogens is 3. The number of fused-ring (bicyclic) bond motifs is 2. The van der Waals surface area contributed by atoms with Crippen LogP contribution in [0.1, 0.15) is 27.3 Å². The molecule has 11 heteroatoms. The number of alkyl halides is 3. The first-order valence-electron chi connectivity index (χ1n) is 11.6. The van der Waals surface area contributed by atoms with Crippen molar-refractivity contribution in [3.8, 4) is 5.69 Å². The maximum absolute atomic E-state index is 13.6. The summed E-state index contributed by atoms with van der Waals surface area (Å²) in [5, 5.41) is 3.70. The number of amides is 1. The number of imidazole rings is 2. The van der Waals surface area contributed by atoms with Gasteiger partial charge in [0.1, 0.15) is 0 Å². The van der Waals surface area contributed by atoms with Crippen molar-refractivity contribution in [3.63, 3.8) is 0 Å². The summed E-state index contributed by atoms with van der Waals surface area (Å²) in [5.41, 5.74) is 2.80. The number of hydrogen-bond donors (Lipinski definition) is 1. The molecule has 0 unspecified atom stereocenters. The highest BCUT2D eigenvalue weighted by Gasteiger charge is 2.32. The Kier molecular flexibility index (Phi) is 5.48. The Bertz CT molecular complexity index is 1810. The highest BCUT2D eigenvalue weighted by atomic mass is 19.4. The molecular weight excluding hydrogens is 495 g/mol. The summed E-state index contributed by atoms with van der Waals surface area (Å²) in [6.07, 6.45) is 7.31. The van der Waals surface area contributed by atoms with E-state index < -0.39 is 17.6 Å². The van der Waals surface area contributed by atoms with Gasteiger partial charge in [0.25, 0.3) is 5.91 Å². The lowest BCUT2D eigenvalue weighted by Gasteiger charge is -2.13. The van der Waals surface area contributed by atoms with E-state index in [1.54, 1.807) is 43.8 Å².